The molecule has 0 radical (unpaired) electrons. The van der Waals surface area contributed by atoms with Gasteiger partial charge >= 0.3 is 5.97 Å². The van der Waals surface area contributed by atoms with Crippen LogP contribution in [0.15, 0.2) is 47.2 Å². The summed E-state index contributed by atoms with van der Waals surface area (Å²) in [5.74, 6) is 0.716. The Kier molecular flexibility index (Phi) is 3.94. The second-order valence-corrected chi connectivity index (χ2v) is 4.37. The molecule has 1 heterocycles. The fourth-order valence-electron chi connectivity index (χ4n) is 1.33. The molecule has 0 unspecified atom stereocenters. The maximum Gasteiger partial charge on any atom is 0.345 e. The zero-order valence-electron chi connectivity index (χ0n) is 9.59. The summed E-state index contributed by atoms with van der Waals surface area (Å²) in [5, 5.41) is 0. The molecule has 0 spiro atoms. The molecule has 0 bridgehead atoms. The van der Waals surface area contributed by atoms with Gasteiger partial charge < -0.3 is 9.47 Å². The minimum absolute atomic E-state index is 0.389. The van der Waals surface area contributed by atoms with Gasteiger partial charge in [-0.25, -0.2) is 4.79 Å². The Balaban J connectivity index is 2.11. The predicted molar refractivity (Wildman–Crippen MR) is 69.9 cm³/mol. The number of rotatable bonds is 3. The Morgan fingerprint density at radius 3 is 2.44 bits per heavy atom. The summed E-state index contributed by atoms with van der Waals surface area (Å²) in [6, 6.07) is 8.44. The average Bonchev–Trinajstić information content (AvgIpc) is 2.39. The average molecular weight is 308 g/mol. The lowest BCUT2D eigenvalue weighted by molar-refractivity contribution is 0.0734. The van der Waals surface area contributed by atoms with Crippen molar-refractivity contribution in [2.75, 3.05) is 7.11 Å². The van der Waals surface area contributed by atoms with E-state index in [1.54, 1.807) is 43.6 Å². The lowest BCUT2D eigenvalue weighted by Crippen LogP contribution is -2.08. The van der Waals surface area contributed by atoms with Gasteiger partial charge in [-0.15, -0.1) is 0 Å². The van der Waals surface area contributed by atoms with E-state index in [0.717, 1.165) is 4.47 Å². The van der Waals surface area contributed by atoms with Crippen molar-refractivity contribution >= 4 is 21.9 Å². The van der Waals surface area contributed by atoms with Gasteiger partial charge in [0.1, 0.15) is 11.5 Å². The highest BCUT2D eigenvalue weighted by Gasteiger charge is 2.09. The molecule has 92 valence electrons. The van der Waals surface area contributed by atoms with Gasteiger partial charge in [0.25, 0.3) is 0 Å². The number of hydrogen-bond acceptors (Lipinski definition) is 4. The van der Waals surface area contributed by atoms with Gasteiger partial charge in [0.15, 0.2) is 0 Å². The third-order valence-corrected chi connectivity index (χ3v) is 2.64. The highest BCUT2D eigenvalue weighted by Crippen LogP contribution is 2.18. The second-order valence-electron chi connectivity index (χ2n) is 3.46. The van der Waals surface area contributed by atoms with Crippen molar-refractivity contribution in [1.29, 1.82) is 0 Å². The van der Waals surface area contributed by atoms with Crippen LogP contribution >= 0.6 is 15.9 Å². The quantitative estimate of drug-likeness (QED) is 0.646. The number of methoxy groups -OCH3 is 1. The van der Waals surface area contributed by atoms with E-state index in [-0.39, 0.29) is 0 Å². The maximum atomic E-state index is 11.8. The summed E-state index contributed by atoms with van der Waals surface area (Å²) >= 11 is 3.25. The zero-order chi connectivity index (χ0) is 13.0. The number of halogens is 1. The predicted octanol–water partition coefficient (Wildman–Crippen LogP) is 3.07. The summed E-state index contributed by atoms with van der Waals surface area (Å²) in [5.41, 5.74) is 0.389. The first-order valence-corrected chi connectivity index (χ1v) is 5.95. The van der Waals surface area contributed by atoms with Crippen molar-refractivity contribution in [3.05, 3.63) is 52.8 Å². The summed E-state index contributed by atoms with van der Waals surface area (Å²) in [6.45, 7) is 0. The normalized spacial score (nSPS) is 9.89. The minimum atomic E-state index is -0.450. The molecule has 18 heavy (non-hydrogen) atoms. The smallest absolute Gasteiger partial charge is 0.345 e. The maximum absolute atomic E-state index is 11.8. The highest BCUT2D eigenvalue weighted by atomic mass is 79.9. The molecule has 0 N–H and O–H groups in total. The van der Waals surface area contributed by atoms with E-state index in [9.17, 15) is 4.79 Å². The van der Waals surface area contributed by atoms with Crippen LogP contribution in [-0.4, -0.2) is 18.1 Å². The fourth-order valence-corrected chi connectivity index (χ4v) is 1.70. The van der Waals surface area contributed by atoms with Crippen LogP contribution < -0.4 is 9.47 Å². The first-order valence-electron chi connectivity index (χ1n) is 5.16. The molecule has 0 aliphatic rings. The third-order valence-electron chi connectivity index (χ3n) is 2.21. The van der Waals surface area contributed by atoms with Crippen molar-refractivity contribution in [2.45, 2.75) is 0 Å². The Labute approximate surface area is 113 Å². The molecular weight excluding hydrogens is 298 g/mol. The van der Waals surface area contributed by atoms with Gasteiger partial charge in [-0.1, -0.05) is 0 Å². The SMILES string of the molecule is COc1ccc(OC(=O)c2cncc(Br)c2)cc1. The van der Waals surface area contributed by atoms with Crippen LogP contribution in [-0.2, 0) is 0 Å². The third kappa shape index (κ3) is 3.07. The summed E-state index contributed by atoms with van der Waals surface area (Å²) in [4.78, 5) is 15.7. The Bertz CT molecular complexity index is 554. The Morgan fingerprint density at radius 2 is 1.83 bits per heavy atom. The van der Waals surface area contributed by atoms with E-state index >= 15 is 0 Å². The van der Waals surface area contributed by atoms with E-state index in [1.807, 2.05) is 0 Å². The van der Waals surface area contributed by atoms with E-state index < -0.39 is 5.97 Å². The molecule has 4 nitrogen and oxygen atoms in total. The molecule has 1 aromatic heterocycles. The molecule has 0 saturated carbocycles. The van der Waals surface area contributed by atoms with Crippen molar-refractivity contribution < 1.29 is 14.3 Å². The molecule has 1 aromatic carbocycles. The second kappa shape index (κ2) is 5.64. The molecule has 2 rings (SSSR count). The van der Waals surface area contributed by atoms with Crippen LogP contribution in [0, 0.1) is 0 Å². The molecule has 0 aliphatic heterocycles. The number of esters is 1. The Hall–Kier alpha value is -1.88. The lowest BCUT2D eigenvalue weighted by atomic mass is 10.3. The van der Waals surface area contributed by atoms with Crippen LogP contribution in [0.4, 0.5) is 0 Å². The summed E-state index contributed by atoms with van der Waals surface area (Å²) in [6.07, 6.45) is 3.06. The molecule has 0 fully saturated rings. The van der Waals surface area contributed by atoms with Gasteiger partial charge in [-0.05, 0) is 46.3 Å². The van der Waals surface area contributed by atoms with Crippen LogP contribution in [0.25, 0.3) is 0 Å². The molecule has 0 atom stereocenters. The van der Waals surface area contributed by atoms with Gasteiger partial charge in [-0.2, -0.15) is 0 Å². The van der Waals surface area contributed by atoms with Crippen molar-refractivity contribution in [3.63, 3.8) is 0 Å². The number of ether oxygens (including phenoxy) is 2. The van der Waals surface area contributed by atoms with E-state index in [0.29, 0.717) is 17.1 Å². The number of hydrogen-bond donors (Lipinski definition) is 0. The first kappa shape index (κ1) is 12.6. The van der Waals surface area contributed by atoms with Gasteiger partial charge in [0.2, 0.25) is 0 Å². The number of aromatic nitrogens is 1. The van der Waals surface area contributed by atoms with Crippen LogP contribution in [0.3, 0.4) is 0 Å². The molecule has 0 amide bonds. The first-order chi connectivity index (χ1) is 8.69. The molecule has 0 saturated heterocycles. The van der Waals surface area contributed by atoms with Gasteiger partial charge in [0.05, 0.1) is 12.7 Å². The largest absolute Gasteiger partial charge is 0.497 e. The topological polar surface area (TPSA) is 48.4 Å². The monoisotopic (exact) mass is 307 g/mol. The fraction of sp³-hybridized carbons (Fsp3) is 0.0769. The minimum Gasteiger partial charge on any atom is -0.497 e. The Morgan fingerprint density at radius 1 is 1.17 bits per heavy atom. The van der Waals surface area contributed by atoms with Gasteiger partial charge in [0, 0.05) is 16.9 Å². The summed E-state index contributed by atoms with van der Waals surface area (Å²) < 4.78 is 10.9. The van der Waals surface area contributed by atoms with Crippen molar-refractivity contribution in [2.24, 2.45) is 0 Å². The van der Waals surface area contributed by atoms with E-state index in [2.05, 4.69) is 20.9 Å². The number of carbonyl (C=O) groups excluding carboxylic acids is 1. The number of nitrogens with zero attached hydrogens (tertiary/aromatic N) is 1. The van der Waals surface area contributed by atoms with Crippen LogP contribution in [0.1, 0.15) is 10.4 Å². The van der Waals surface area contributed by atoms with E-state index in [1.165, 1.54) is 6.20 Å². The molecule has 2 aromatic rings. The number of carbonyl (C=O) groups is 1. The van der Waals surface area contributed by atoms with Crippen LogP contribution in [0.2, 0.25) is 0 Å². The highest BCUT2D eigenvalue weighted by molar-refractivity contribution is 9.10. The molecule has 5 heteroatoms. The van der Waals surface area contributed by atoms with Crippen molar-refractivity contribution in [1.82, 2.24) is 4.98 Å². The van der Waals surface area contributed by atoms with E-state index in [4.69, 9.17) is 9.47 Å². The number of pyridine rings is 1. The van der Waals surface area contributed by atoms with Gasteiger partial charge in [-0.3, -0.25) is 4.98 Å². The standard InChI is InChI=1S/C13H10BrNO3/c1-17-11-2-4-12(5-3-11)18-13(16)9-6-10(14)8-15-7-9/h2-8H,1H3. The number of benzene rings is 1. The molecular formula is C13H10BrNO3. The zero-order valence-corrected chi connectivity index (χ0v) is 11.2. The molecule has 0 aliphatic carbocycles. The van der Waals surface area contributed by atoms with Crippen LogP contribution in [0.5, 0.6) is 11.5 Å². The lowest BCUT2D eigenvalue weighted by Gasteiger charge is -2.05. The summed E-state index contributed by atoms with van der Waals surface area (Å²) in [7, 11) is 1.58. The van der Waals surface area contributed by atoms with Crippen molar-refractivity contribution in [3.8, 4) is 11.5 Å².